The molecule has 2 aliphatic heterocycles. The van der Waals surface area contributed by atoms with Crippen LogP contribution in [0.1, 0.15) is 23.7 Å². The van der Waals surface area contributed by atoms with Crippen LogP contribution in [-0.2, 0) is 9.47 Å². The lowest BCUT2D eigenvalue weighted by Gasteiger charge is -2.30. The summed E-state index contributed by atoms with van der Waals surface area (Å²) in [6.45, 7) is 6.83. The van der Waals surface area contributed by atoms with Gasteiger partial charge in [-0.1, -0.05) is 6.92 Å². The van der Waals surface area contributed by atoms with E-state index in [9.17, 15) is 9.90 Å². The van der Waals surface area contributed by atoms with Crippen molar-refractivity contribution < 1.29 is 19.4 Å². The molecule has 1 aromatic rings. The molecule has 2 aliphatic rings. The number of nitrogens with zero attached hydrogens (tertiary/aromatic N) is 2. The molecule has 0 bridgehead atoms. The SMILES string of the molecule is COCC1CCN(c2ccc(C(=O)N3CCOCC(C)(CO)C3)cc2)C1. The van der Waals surface area contributed by atoms with Gasteiger partial charge in [-0.15, -0.1) is 0 Å². The lowest BCUT2D eigenvalue weighted by molar-refractivity contribution is 0.0340. The van der Waals surface area contributed by atoms with Crippen molar-refractivity contribution in [3.05, 3.63) is 29.8 Å². The second-order valence-corrected chi connectivity index (χ2v) is 7.85. The fourth-order valence-corrected chi connectivity index (χ4v) is 3.78. The summed E-state index contributed by atoms with van der Waals surface area (Å²) in [5.41, 5.74) is 1.43. The summed E-state index contributed by atoms with van der Waals surface area (Å²) in [5.74, 6) is 0.579. The second-order valence-electron chi connectivity index (χ2n) is 7.85. The maximum Gasteiger partial charge on any atom is 0.253 e. The predicted octanol–water partition coefficient (Wildman–Crippen LogP) is 1.63. The van der Waals surface area contributed by atoms with Gasteiger partial charge in [0.1, 0.15) is 0 Å². The fraction of sp³-hybridized carbons (Fsp3) is 0.650. The largest absolute Gasteiger partial charge is 0.396 e. The molecule has 3 rings (SSSR count). The van der Waals surface area contributed by atoms with E-state index in [0.29, 0.717) is 37.8 Å². The molecular weight excluding hydrogens is 332 g/mol. The van der Waals surface area contributed by atoms with Gasteiger partial charge >= 0.3 is 0 Å². The van der Waals surface area contributed by atoms with Crippen LogP contribution in [-0.4, -0.2) is 75.6 Å². The number of carbonyl (C=O) groups excluding carboxylic acids is 1. The number of carbonyl (C=O) groups is 1. The van der Waals surface area contributed by atoms with Gasteiger partial charge in [0.15, 0.2) is 0 Å². The fourth-order valence-electron chi connectivity index (χ4n) is 3.78. The zero-order valence-electron chi connectivity index (χ0n) is 15.8. The summed E-state index contributed by atoms with van der Waals surface area (Å²) >= 11 is 0. The van der Waals surface area contributed by atoms with Crippen molar-refractivity contribution >= 4 is 11.6 Å². The number of anilines is 1. The van der Waals surface area contributed by atoms with Crippen molar-refractivity contribution in [1.29, 1.82) is 0 Å². The molecule has 26 heavy (non-hydrogen) atoms. The maximum atomic E-state index is 12.9. The molecule has 6 heteroatoms. The molecule has 2 atom stereocenters. The molecule has 6 nitrogen and oxygen atoms in total. The van der Waals surface area contributed by atoms with E-state index in [1.807, 2.05) is 31.2 Å². The molecule has 144 valence electrons. The molecule has 2 heterocycles. The van der Waals surface area contributed by atoms with Crippen molar-refractivity contribution in [2.24, 2.45) is 11.3 Å². The van der Waals surface area contributed by atoms with Crippen molar-refractivity contribution in [3.8, 4) is 0 Å². The van der Waals surface area contributed by atoms with Gasteiger partial charge in [-0.2, -0.15) is 0 Å². The first kappa shape index (κ1) is 19.1. The predicted molar refractivity (Wildman–Crippen MR) is 101 cm³/mol. The third-order valence-electron chi connectivity index (χ3n) is 5.37. The highest BCUT2D eigenvalue weighted by atomic mass is 16.5. The van der Waals surface area contributed by atoms with Crippen molar-refractivity contribution in [1.82, 2.24) is 4.90 Å². The van der Waals surface area contributed by atoms with E-state index in [0.717, 1.165) is 31.8 Å². The van der Waals surface area contributed by atoms with E-state index in [1.165, 1.54) is 0 Å². The number of hydrogen-bond donors (Lipinski definition) is 1. The summed E-state index contributed by atoms with van der Waals surface area (Å²) in [7, 11) is 1.75. The first-order chi connectivity index (χ1) is 12.5. The Labute approximate surface area is 155 Å². The van der Waals surface area contributed by atoms with E-state index < -0.39 is 5.41 Å². The Hall–Kier alpha value is -1.63. The molecule has 0 saturated carbocycles. The highest BCUT2D eigenvalue weighted by Crippen LogP contribution is 2.26. The molecule has 0 aliphatic carbocycles. The van der Waals surface area contributed by atoms with E-state index in [1.54, 1.807) is 12.0 Å². The molecule has 1 amide bonds. The van der Waals surface area contributed by atoms with Crippen LogP contribution in [0.2, 0.25) is 0 Å². The molecule has 2 unspecified atom stereocenters. The minimum Gasteiger partial charge on any atom is -0.396 e. The van der Waals surface area contributed by atoms with Gasteiger partial charge in [-0.3, -0.25) is 4.79 Å². The van der Waals surface area contributed by atoms with Gasteiger partial charge < -0.3 is 24.4 Å². The lowest BCUT2D eigenvalue weighted by atomic mass is 9.92. The van der Waals surface area contributed by atoms with E-state index in [-0.39, 0.29) is 12.5 Å². The topological polar surface area (TPSA) is 62.2 Å². The summed E-state index contributed by atoms with van der Waals surface area (Å²) in [4.78, 5) is 17.0. The number of rotatable bonds is 5. The zero-order chi connectivity index (χ0) is 18.6. The summed E-state index contributed by atoms with van der Waals surface area (Å²) < 4.78 is 10.8. The van der Waals surface area contributed by atoms with Crippen molar-refractivity contribution in [3.63, 3.8) is 0 Å². The van der Waals surface area contributed by atoms with E-state index in [4.69, 9.17) is 9.47 Å². The first-order valence-electron chi connectivity index (χ1n) is 9.36. The smallest absolute Gasteiger partial charge is 0.253 e. The first-order valence-corrected chi connectivity index (χ1v) is 9.36. The summed E-state index contributed by atoms with van der Waals surface area (Å²) in [5, 5.41) is 9.63. The summed E-state index contributed by atoms with van der Waals surface area (Å²) in [6.07, 6.45) is 1.14. The molecular formula is C20H30N2O4. The Morgan fingerprint density at radius 3 is 2.81 bits per heavy atom. The van der Waals surface area contributed by atoms with Crippen LogP contribution in [0.25, 0.3) is 0 Å². The minimum atomic E-state index is -0.405. The number of ether oxygens (including phenoxy) is 2. The molecule has 0 spiro atoms. The lowest BCUT2D eigenvalue weighted by Crippen LogP contribution is -2.42. The number of amides is 1. The van der Waals surface area contributed by atoms with Crippen molar-refractivity contribution in [2.75, 3.05) is 64.6 Å². The number of aliphatic hydroxyl groups excluding tert-OH is 1. The third-order valence-corrected chi connectivity index (χ3v) is 5.37. The van der Waals surface area contributed by atoms with Crippen LogP contribution in [0.5, 0.6) is 0 Å². The molecule has 1 aromatic carbocycles. The van der Waals surface area contributed by atoms with Crippen LogP contribution in [0, 0.1) is 11.3 Å². The molecule has 2 fully saturated rings. The molecule has 0 radical (unpaired) electrons. The number of hydrogen-bond acceptors (Lipinski definition) is 5. The van der Waals surface area contributed by atoms with E-state index in [2.05, 4.69) is 4.90 Å². The normalized spacial score (nSPS) is 26.8. The van der Waals surface area contributed by atoms with Crippen LogP contribution >= 0.6 is 0 Å². The second kappa shape index (κ2) is 8.37. The van der Waals surface area contributed by atoms with Crippen LogP contribution in [0.15, 0.2) is 24.3 Å². The Kier molecular flexibility index (Phi) is 6.16. The Balaban J connectivity index is 1.65. The Morgan fingerprint density at radius 2 is 2.12 bits per heavy atom. The number of benzene rings is 1. The van der Waals surface area contributed by atoms with Crippen LogP contribution < -0.4 is 4.90 Å². The average molecular weight is 362 g/mol. The molecule has 2 saturated heterocycles. The van der Waals surface area contributed by atoms with Gasteiger partial charge in [0.2, 0.25) is 0 Å². The van der Waals surface area contributed by atoms with Gasteiger partial charge in [0.25, 0.3) is 5.91 Å². The standard InChI is InChI=1S/C20H30N2O4/c1-20(14-23)13-22(9-10-26-15-20)19(24)17-3-5-18(6-4-17)21-8-7-16(11-21)12-25-2/h3-6,16,23H,7-15H2,1-2H3. The van der Waals surface area contributed by atoms with Gasteiger partial charge in [-0.25, -0.2) is 0 Å². The Morgan fingerprint density at radius 1 is 1.35 bits per heavy atom. The van der Waals surface area contributed by atoms with E-state index >= 15 is 0 Å². The minimum absolute atomic E-state index is 0.000376. The Bertz CT molecular complexity index is 606. The third kappa shape index (κ3) is 4.37. The van der Waals surface area contributed by atoms with Gasteiger partial charge in [-0.05, 0) is 30.7 Å². The highest BCUT2D eigenvalue weighted by molar-refractivity contribution is 5.94. The van der Waals surface area contributed by atoms with Crippen LogP contribution in [0.3, 0.4) is 0 Å². The molecule has 1 N–H and O–H groups in total. The van der Waals surface area contributed by atoms with Gasteiger partial charge in [0.05, 0.1) is 26.4 Å². The monoisotopic (exact) mass is 362 g/mol. The number of methoxy groups -OCH3 is 1. The number of aliphatic hydroxyl groups is 1. The molecule has 0 aromatic heterocycles. The maximum absolute atomic E-state index is 12.9. The quantitative estimate of drug-likeness (QED) is 0.863. The average Bonchev–Trinajstić information content (AvgIpc) is 3.03. The highest BCUT2D eigenvalue weighted by Gasteiger charge is 2.32. The van der Waals surface area contributed by atoms with Crippen LogP contribution in [0.4, 0.5) is 5.69 Å². The zero-order valence-corrected chi connectivity index (χ0v) is 15.8. The van der Waals surface area contributed by atoms with Gasteiger partial charge in [0, 0.05) is 55.9 Å². The van der Waals surface area contributed by atoms with Crippen molar-refractivity contribution in [2.45, 2.75) is 13.3 Å². The summed E-state index contributed by atoms with van der Waals surface area (Å²) in [6, 6.07) is 7.87.